The van der Waals surface area contributed by atoms with Crippen LogP contribution in [0.4, 0.5) is 26.3 Å². The monoisotopic (exact) mass is 460 g/mol. The molecule has 0 amide bonds. The predicted octanol–water partition coefficient (Wildman–Crippen LogP) is 5.52. The van der Waals surface area contributed by atoms with Gasteiger partial charge in [0.25, 0.3) is 5.88 Å². The van der Waals surface area contributed by atoms with Crippen LogP contribution in [-0.4, -0.2) is 30.2 Å². The largest absolute Gasteiger partial charge is 0.491 e. The maximum absolute atomic E-state index is 13.0. The molecule has 0 spiro atoms. The van der Waals surface area contributed by atoms with Gasteiger partial charge in [-0.3, -0.25) is 0 Å². The molecule has 1 aromatic heterocycles. The van der Waals surface area contributed by atoms with E-state index in [-0.39, 0.29) is 11.8 Å². The van der Waals surface area contributed by atoms with Gasteiger partial charge in [-0.2, -0.15) is 26.3 Å². The van der Waals surface area contributed by atoms with Gasteiger partial charge in [-0.1, -0.05) is 17.7 Å². The SMILES string of the molecule is CC(=C1CCNCC1)c1cccc(Oc2ncc(C(F)(F)F)cc2OC(=O)C(F)(F)F)c1. The molecule has 0 radical (unpaired) electrons. The van der Waals surface area contributed by atoms with E-state index in [1.165, 1.54) is 11.6 Å². The number of nitrogens with one attached hydrogen (secondary N) is 1. The quantitative estimate of drug-likeness (QED) is 0.481. The lowest BCUT2D eigenvalue weighted by Gasteiger charge is -2.19. The lowest BCUT2D eigenvalue weighted by atomic mass is 9.95. The number of alkyl halides is 6. The molecule has 1 aliphatic rings. The lowest BCUT2D eigenvalue weighted by molar-refractivity contribution is -0.189. The summed E-state index contributed by atoms with van der Waals surface area (Å²) in [6, 6.07) is 6.71. The molecule has 1 aromatic carbocycles. The Morgan fingerprint density at radius 1 is 1.06 bits per heavy atom. The normalized spacial score (nSPS) is 14.8. The summed E-state index contributed by atoms with van der Waals surface area (Å²) in [7, 11) is 0. The van der Waals surface area contributed by atoms with E-state index < -0.39 is 35.5 Å². The van der Waals surface area contributed by atoms with Crippen LogP contribution >= 0.6 is 0 Å². The van der Waals surface area contributed by atoms with E-state index in [9.17, 15) is 31.1 Å². The third-order valence-corrected chi connectivity index (χ3v) is 4.80. The molecule has 1 N–H and O–H groups in total. The molecule has 0 unspecified atom stereocenters. The number of esters is 1. The second kappa shape index (κ2) is 9.19. The summed E-state index contributed by atoms with van der Waals surface area (Å²) in [5, 5.41) is 3.24. The number of hydrogen-bond acceptors (Lipinski definition) is 5. The van der Waals surface area contributed by atoms with Crippen LogP contribution in [-0.2, 0) is 11.0 Å². The Balaban J connectivity index is 1.93. The number of carbonyl (C=O) groups excluding carboxylic acids is 1. The summed E-state index contributed by atoms with van der Waals surface area (Å²) in [6.07, 6.45) is -8.23. The van der Waals surface area contributed by atoms with Crippen molar-refractivity contribution in [2.45, 2.75) is 32.1 Å². The fourth-order valence-electron chi connectivity index (χ4n) is 3.11. The van der Waals surface area contributed by atoms with Crippen LogP contribution in [0.3, 0.4) is 0 Å². The van der Waals surface area contributed by atoms with E-state index in [0.29, 0.717) is 6.20 Å². The van der Waals surface area contributed by atoms with Gasteiger partial charge in [0, 0.05) is 12.3 Å². The van der Waals surface area contributed by atoms with Crippen LogP contribution < -0.4 is 14.8 Å². The number of carbonyl (C=O) groups is 1. The van der Waals surface area contributed by atoms with E-state index in [1.807, 2.05) is 13.0 Å². The molecular weight excluding hydrogens is 442 g/mol. The maximum atomic E-state index is 13.0. The summed E-state index contributed by atoms with van der Waals surface area (Å²) in [5.74, 6) is -4.39. The lowest BCUT2D eigenvalue weighted by Crippen LogP contribution is -2.28. The van der Waals surface area contributed by atoms with Gasteiger partial charge in [-0.05, 0) is 56.1 Å². The zero-order valence-corrected chi connectivity index (χ0v) is 16.7. The molecule has 2 heterocycles. The van der Waals surface area contributed by atoms with Crippen LogP contribution in [0.5, 0.6) is 17.4 Å². The Morgan fingerprint density at radius 3 is 2.38 bits per heavy atom. The molecule has 1 fully saturated rings. The predicted molar refractivity (Wildman–Crippen MR) is 102 cm³/mol. The van der Waals surface area contributed by atoms with Crippen LogP contribution in [0.25, 0.3) is 5.57 Å². The number of halogens is 6. The van der Waals surface area contributed by atoms with Crippen molar-refractivity contribution < 1.29 is 40.6 Å². The fraction of sp³-hybridized carbons (Fsp3) is 0.333. The van der Waals surface area contributed by atoms with Crippen molar-refractivity contribution in [2.24, 2.45) is 0 Å². The summed E-state index contributed by atoms with van der Waals surface area (Å²) in [4.78, 5) is 14.6. The topological polar surface area (TPSA) is 60.4 Å². The Kier molecular flexibility index (Phi) is 6.77. The number of nitrogens with zero attached hydrogens (tertiary/aromatic N) is 1. The third kappa shape index (κ3) is 5.78. The maximum Gasteiger partial charge on any atom is 0.491 e. The third-order valence-electron chi connectivity index (χ3n) is 4.80. The number of hydrogen-bond donors (Lipinski definition) is 1. The Hall–Kier alpha value is -3.08. The first-order valence-corrected chi connectivity index (χ1v) is 9.49. The van der Waals surface area contributed by atoms with Gasteiger partial charge in [-0.25, -0.2) is 9.78 Å². The van der Waals surface area contributed by atoms with Crippen LogP contribution in [0.1, 0.15) is 30.9 Å². The van der Waals surface area contributed by atoms with Crippen molar-refractivity contribution in [1.82, 2.24) is 10.3 Å². The van der Waals surface area contributed by atoms with Crippen molar-refractivity contribution >= 4 is 11.5 Å². The van der Waals surface area contributed by atoms with Gasteiger partial charge in [0.1, 0.15) is 5.75 Å². The first-order valence-electron chi connectivity index (χ1n) is 9.49. The highest BCUT2D eigenvalue weighted by atomic mass is 19.4. The fourth-order valence-corrected chi connectivity index (χ4v) is 3.11. The summed E-state index contributed by atoms with van der Waals surface area (Å²) in [5.41, 5.74) is 1.62. The van der Waals surface area contributed by atoms with Crippen molar-refractivity contribution in [1.29, 1.82) is 0 Å². The molecule has 1 saturated heterocycles. The number of piperidine rings is 1. The van der Waals surface area contributed by atoms with Gasteiger partial charge in [0.15, 0.2) is 5.75 Å². The average Bonchev–Trinajstić information content (AvgIpc) is 2.74. The van der Waals surface area contributed by atoms with Crippen LogP contribution in [0, 0.1) is 0 Å². The van der Waals surface area contributed by atoms with Crippen LogP contribution in [0.15, 0.2) is 42.1 Å². The molecule has 2 aromatic rings. The van der Waals surface area contributed by atoms with Gasteiger partial charge >= 0.3 is 18.3 Å². The molecule has 0 aliphatic carbocycles. The zero-order chi connectivity index (χ0) is 23.5. The first-order chi connectivity index (χ1) is 14.9. The van der Waals surface area contributed by atoms with Gasteiger partial charge in [0.05, 0.1) is 5.56 Å². The second-order valence-corrected chi connectivity index (χ2v) is 7.02. The highest BCUT2D eigenvalue weighted by molar-refractivity contribution is 5.78. The van der Waals surface area contributed by atoms with Crippen LogP contribution in [0.2, 0.25) is 0 Å². The minimum atomic E-state index is -5.41. The number of ether oxygens (including phenoxy) is 2. The molecule has 0 atom stereocenters. The summed E-state index contributed by atoms with van der Waals surface area (Å²) in [6.45, 7) is 3.60. The molecule has 5 nitrogen and oxygen atoms in total. The minimum absolute atomic E-state index is 0.105. The smallest absolute Gasteiger partial charge is 0.436 e. The molecule has 3 rings (SSSR count). The second-order valence-electron chi connectivity index (χ2n) is 7.02. The molecular formula is C21H18F6N2O3. The molecule has 1 aliphatic heterocycles. The molecule has 172 valence electrons. The van der Waals surface area contributed by atoms with E-state index in [0.717, 1.165) is 37.1 Å². The van der Waals surface area contributed by atoms with E-state index in [2.05, 4.69) is 15.0 Å². The van der Waals surface area contributed by atoms with E-state index in [4.69, 9.17) is 4.74 Å². The van der Waals surface area contributed by atoms with Gasteiger partial charge < -0.3 is 14.8 Å². The number of rotatable bonds is 4. The number of allylic oxidation sites excluding steroid dienone is 1. The highest BCUT2D eigenvalue weighted by Crippen LogP contribution is 2.38. The number of aromatic nitrogens is 1. The Labute approximate surface area is 179 Å². The van der Waals surface area contributed by atoms with Crippen molar-refractivity contribution in [3.63, 3.8) is 0 Å². The molecule has 0 saturated carbocycles. The van der Waals surface area contributed by atoms with Crippen molar-refractivity contribution in [2.75, 3.05) is 13.1 Å². The highest BCUT2D eigenvalue weighted by Gasteiger charge is 2.42. The average molecular weight is 460 g/mol. The molecule has 0 bridgehead atoms. The number of pyridine rings is 1. The first kappa shape index (κ1) is 23.6. The Bertz CT molecular complexity index is 1020. The Morgan fingerprint density at radius 2 is 1.75 bits per heavy atom. The summed E-state index contributed by atoms with van der Waals surface area (Å²) < 4.78 is 86.2. The summed E-state index contributed by atoms with van der Waals surface area (Å²) >= 11 is 0. The minimum Gasteiger partial charge on any atom is -0.436 e. The van der Waals surface area contributed by atoms with E-state index >= 15 is 0 Å². The van der Waals surface area contributed by atoms with Gasteiger partial charge in [0.2, 0.25) is 0 Å². The van der Waals surface area contributed by atoms with E-state index in [1.54, 1.807) is 12.1 Å². The van der Waals surface area contributed by atoms with Crippen molar-refractivity contribution in [3.8, 4) is 17.4 Å². The standard InChI is InChI=1S/C21H18F6N2O3/c1-12(13-5-7-28-8-6-13)14-3-2-4-16(9-14)31-18-17(32-19(30)21(25,26)27)10-15(11-29-18)20(22,23)24/h2-4,9-11,28H,5-8H2,1H3. The van der Waals surface area contributed by atoms with Gasteiger partial charge in [-0.15, -0.1) is 0 Å². The number of benzene rings is 1. The molecule has 32 heavy (non-hydrogen) atoms. The van der Waals surface area contributed by atoms with Crippen molar-refractivity contribution in [3.05, 3.63) is 53.2 Å². The zero-order valence-electron chi connectivity index (χ0n) is 16.7. The molecule has 11 heteroatoms.